The molecular formula is C19H24F3N7O. The van der Waals surface area contributed by atoms with Gasteiger partial charge in [0.1, 0.15) is 17.3 Å². The van der Waals surface area contributed by atoms with Crippen LogP contribution in [0.2, 0.25) is 0 Å². The number of nitrogens with two attached hydrogens (primary N) is 1. The zero-order chi connectivity index (χ0) is 21.9. The number of pyridine rings is 1. The lowest BCUT2D eigenvalue weighted by molar-refractivity contribution is -0.140. The van der Waals surface area contributed by atoms with Crippen molar-refractivity contribution < 1.29 is 18.0 Å². The molecule has 0 saturated heterocycles. The molecule has 0 aliphatic heterocycles. The molecular weight excluding hydrogens is 399 g/mol. The molecule has 6 N–H and O–H groups in total. The van der Waals surface area contributed by atoms with Crippen LogP contribution in [0.25, 0.3) is 5.65 Å². The number of anilines is 1. The van der Waals surface area contributed by atoms with E-state index in [1.165, 1.54) is 16.7 Å². The summed E-state index contributed by atoms with van der Waals surface area (Å²) < 4.78 is 40.3. The van der Waals surface area contributed by atoms with Crippen molar-refractivity contribution in [2.75, 3.05) is 12.4 Å². The van der Waals surface area contributed by atoms with Gasteiger partial charge in [0.05, 0.1) is 5.57 Å². The van der Waals surface area contributed by atoms with Crippen LogP contribution < -0.4 is 21.7 Å². The molecule has 2 aromatic heterocycles. The molecule has 30 heavy (non-hydrogen) atoms. The first-order chi connectivity index (χ1) is 14.2. The van der Waals surface area contributed by atoms with Crippen LogP contribution in [0, 0.1) is 5.41 Å². The number of hydrogen-bond acceptors (Lipinski definition) is 5. The van der Waals surface area contributed by atoms with Gasteiger partial charge < -0.3 is 21.7 Å². The average Bonchev–Trinajstić information content (AvgIpc) is 3.13. The molecule has 8 nitrogen and oxygen atoms in total. The van der Waals surface area contributed by atoms with E-state index in [2.05, 4.69) is 20.9 Å². The van der Waals surface area contributed by atoms with Crippen molar-refractivity contribution in [3.63, 3.8) is 0 Å². The molecule has 1 aliphatic carbocycles. The van der Waals surface area contributed by atoms with E-state index in [-0.39, 0.29) is 29.1 Å². The molecule has 2 aromatic rings. The van der Waals surface area contributed by atoms with Crippen molar-refractivity contribution in [1.82, 2.24) is 20.0 Å². The van der Waals surface area contributed by atoms with Gasteiger partial charge in [0.25, 0.3) is 5.91 Å². The number of halogens is 3. The van der Waals surface area contributed by atoms with Gasteiger partial charge in [-0.05, 0) is 37.8 Å². The zero-order valence-corrected chi connectivity index (χ0v) is 16.4. The molecule has 1 aliphatic rings. The zero-order valence-electron chi connectivity index (χ0n) is 16.4. The minimum atomic E-state index is -4.50. The molecule has 0 atom stereocenters. The van der Waals surface area contributed by atoms with E-state index < -0.39 is 17.8 Å². The van der Waals surface area contributed by atoms with Crippen LogP contribution in [0.3, 0.4) is 0 Å². The summed E-state index contributed by atoms with van der Waals surface area (Å²) in [5.74, 6) is -0.182. The molecule has 1 fully saturated rings. The van der Waals surface area contributed by atoms with E-state index in [4.69, 9.17) is 11.1 Å². The van der Waals surface area contributed by atoms with Crippen molar-refractivity contribution in [2.45, 2.75) is 43.9 Å². The fourth-order valence-corrected chi connectivity index (χ4v) is 3.53. The Kier molecular flexibility index (Phi) is 6.18. The fourth-order valence-electron chi connectivity index (χ4n) is 3.53. The number of rotatable bonds is 6. The van der Waals surface area contributed by atoms with Crippen LogP contribution in [-0.4, -0.2) is 40.3 Å². The first-order valence-electron chi connectivity index (χ1n) is 9.53. The first kappa shape index (κ1) is 21.5. The number of nitrogens with zero attached hydrogens (tertiary/aromatic N) is 2. The van der Waals surface area contributed by atoms with Gasteiger partial charge in [-0.3, -0.25) is 14.6 Å². The Morgan fingerprint density at radius 2 is 1.93 bits per heavy atom. The lowest BCUT2D eigenvalue weighted by atomic mass is 9.91. The minimum Gasteiger partial charge on any atom is -0.393 e. The molecule has 3 rings (SSSR count). The van der Waals surface area contributed by atoms with Gasteiger partial charge in [-0.1, -0.05) is 6.07 Å². The Bertz CT molecular complexity index is 959. The molecule has 1 amide bonds. The van der Waals surface area contributed by atoms with Gasteiger partial charge in [-0.15, -0.1) is 0 Å². The highest BCUT2D eigenvalue weighted by Gasteiger charge is 2.34. The number of amides is 1. The summed E-state index contributed by atoms with van der Waals surface area (Å²) in [6.45, 7) is 0. The number of aromatic nitrogens is 2. The van der Waals surface area contributed by atoms with E-state index in [0.29, 0.717) is 18.7 Å². The second kappa shape index (κ2) is 8.64. The normalized spacial score (nSPS) is 20.1. The largest absolute Gasteiger partial charge is 0.434 e. The second-order valence-electron chi connectivity index (χ2n) is 7.19. The third kappa shape index (κ3) is 4.84. The molecule has 0 spiro atoms. The number of imidazole rings is 1. The number of carbonyl (C=O) groups is 1. The highest BCUT2D eigenvalue weighted by atomic mass is 19.4. The molecule has 162 valence electrons. The topological polar surface area (TPSA) is 120 Å². The number of hydrogen-bond donors (Lipinski definition) is 5. The number of alkyl halides is 3. The molecule has 2 heterocycles. The molecule has 1 saturated carbocycles. The Morgan fingerprint density at radius 1 is 1.27 bits per heavy atom. The van der Waals surface area contributed by atoms with Crippen LogP contribution >= 0.6 is 0 Å². The van der Waals surface area contributed by atoms with Crippen LogP contribution in [-0.2, 0) is 11.0 Å². The van der Waals surface area contributed by atoms with Gasteiger partial charge in [0, 0.05) is 31.5 Å². The lowest BCUT2D eigenvalue weighted by Crippen LogP contribution is -2.42. The fraction of sp³-hybridized carbons (Fsp3) is 0.421. The van der Waals surface area contributed by atoms with E-state index >= 15 is 0 Å². The summed E-state index contributed by atoms with van der Waals surface area (Å²) in [5.41, 5.74) is 4.80. The van der Waals surface area contributed by atoms with Crippen molar-refractivity contribution in [3.8, 4) is 0 Å². The number of carbonyl (C=O) groups excluding carboxylic acids is 1. The Balaban J connectivity index is 1.61. The monoisotopic (exact) mass is 423 g/mol. The number of fused-ring (bicyclic) bond motifs is 1. The van der Waals surface area contributed by atoms with Crippen molar-refractivity contribution in [1.29, 1.82) is 5.41 Å². The van der Waals surface area contributed by atoms with Crippen LogP contribution in [0.1, 0.15) is 31.4 Å². The molecule has 0 aromatic carbocycles. The van der Waals surface area contributed by atoms with Gasteiger partial charge >= 0.3 is 6.18 Å². The maximum atomic E-state index is 13.0. The van der Waals surface area contributed by atoms with E-state index in [1.54, 1.807) is 19.2 Å². The van der Waals surface area contributed by atoms with Crippen molar-refractivity contribution in [2.24, 2.45) is 5.73 Å². The summed E-state index contributed by atoms with van der Waals surface area (Å²) in [6, 6.07) is 4.90. The highest BCUT2D eigenvalue weighted by Crippen LogP contribution is 2.30. The summed E-state index contributed by atoms with van der Waals surface area (Å²) in [6.07, 6.45) is 0.719. The van der Waals surface area contributed by atoms with Crippen LogP contribution in [0.5, 0.6) is 0 Å². The summed E-state index contributed by atoms with van der Waals surface area (Å²) in [7, 11) is 1.62. The van der Waals surface area contributed by atoms with Crippen molar-refractivity contribution in [3.05, 3.63) is 41.9 Å². The Labute approximate surface area is 171 Å². The van der Waals surface area contributed by atoms with E-state index in [9.17, 15) is 18.0 Å². The molecule has 0 bridgehead atoms. The standard InChI is InChI=1S/C19H24F3N7O/c1-25-9-13(17(23)24)18(30)27-12-7-5-11(6-8-12)26-15-3-2-4-16-28-14(10-29(15)16)19(20,21)22/h2-4,9-12,25-26H,5-8H2,1H3,(H3,23,24)(H,27,30)/b13-9+. The van der Waals surface area contributed by atoms with Gasteiger partial charge in [0.2, 0.25) is 0 Å². The quantitative estimate of drug-likeness (QED) is 0.277. The summed E-state index contributed by atoms with van der Waals surface area (Å²) in [4.78, 5) is 15.9. The SMILES string of the molecule is CN/C=C(\C(=N)N)C(=O)NC1CCC(Nc2cccc3nc(C(F)(F)F)cn23)CC1. The first-order valence-corrected chi connectivity index (χ1v) is 9.53. The van der Waals surface area contributed by atoms with Gasteiger partial charge in [-0.25, -0.2) is 4.98 Å². The highest BCUT2D eigenvalue weighted by molar-refractivity contribution is 6.18. The molecule has 0 unspecified atom stereocenters. The third-order valence-corrected chi connectivity index (χ3v) is 5.02. The predicted octanol–water partition coefficient (Wildman–Crippen LogP) is 2.23. The van der Waals surface area contributed by atoms with Crippen LogP contribution in [0.4, 0.5) is 19.0 Å². The summed E-state index contributed by atoms with van der Waals surface area (Å²) in [5, 5.41) is 16.4. The third-order valence-electron chi connectivity index (χ3n) is 5.02. The van der Waals surface area contributed by atoms with Gasteiger partial charge in [0.15, 0.2) is 5.69 Å². The van der Waals surface area contributed by atoms with Crippen LogP contribution in [0.15, 0.2) is 36.2 Å². The van der Waals surface area contributed by atoms with E-state index in [0.717, 1.165) is 19.0 Å². The Morgan fingerprint density at radius 3 is 2.53 bits per heavy atom. The Hall–Kier alpha value is -3.24. The second-order valence-corrected chi connectivity index (χ2v) is 7.19. The molecule has 11 heteroatoms. The lowest BCUT2D eigenvalue weighted by Gasteiger charge is -2.30. The maximum Gasteiger partial charge on any atom is 0.434 e. The summed E-state index contributed by atoms with van der Waals surface area (Å²) >= 11 is 0. The smallest absolute Gasteiger partial charge is 0.393 e. The molecule has 0 radical (unpaired) electrons. The van der Waals surface area contributed by atoms with Crippen molar-refractivity contribution >= 4 is 23.2 Å². The predicted molar refractivity (Wildman–Crippen MR) is 107 cm³/mol. The van der Waals surface area contributed by atoms with Gasteiger partial charge in [-0.2, -0.15) is 13.2 Å². The van der Waals surface area contributed by atoms with E-state index in [1.807, 2.05) is 0 Å². The number of nitrogens with one attached hydrogen (secondary N) is 4. The minimum absolute atomic E-state index is 0.0561. The number of amidine groups is 1. The average molecular weight is 423 g/mol. The maximum absolute atomic E-state index is 13.0.